The van der Waals surface area contributed by atoms with Crippen LogP contribution >= 0.6 is 11.6 Å². The third-order valence-electron chi connectivity index (χ3n) is 2.12. The highest BCUT2D eigenvalue weighted by Gasteiger charge is 2.27. The normalized spacial score (nSPS) is 11.4. The second kappa shape index (κ2) is 8.08. The lowest BCUT2D eigenvalue weighted by Crippen LogP contribution is -2.31. The van der Waals surface area contributed by atoms with E-state index in [9.17, 15) is 18.0 Å². The van der Waals surface area contributed by atoms with E-state index in [4.69, 9.17) is 11.6 Å². The summed E-state index contributed by atoms with van der Waals surface area (Å²) in [5, 5.41) is 5.65. The molecule has 0 saturated carbocycles. The van der Waals surface area contributed by atoms with Crippen LogP contribution in [0.4, 0.5) is 18.9 Å². The van der Waals surface area contributed by atoms with Crippen molar-refractivity contribution < 1.29 is 22.7 Å². The van der Waals surface area contributed by atoms with Crippen molar-refractivity contribution in [2.75, 3.05) is 31.6 Å². The van der Waals surface area contributed by atoms with Crippen LogP contribution in [0, 0.1) is 0 Å². The molecule has 0 unspecified atom stereocenters. The van der Waals surface area contributed by atoms with E-state index in [-0.39, 0.29) is 25.6 Å². The number of ether oxygens (including phenoxy) is 1. The third-order valence-corrected chi connectivity index (χ3v) is 2.45. The van der Waals surface area contributed by atoms with Crippen LogP contribution in [-0.2, 0) is 9.53 Å². The van der Waals surface area contributed by atoms with Gasteiger partial charge in [-0.15, -0.1) is 0 Å². The number of hydrogen-bond donors (Lipinski definition) is 2. The van der Waals surface area contributed by atoms with Crippen LogP contribution < -0.4 is 10.6 Å². The van der Waals surface area contributed by atoms with Crippen LogP contribution in [0.25, 0.3) is 0 Å². The number of carbonyl (C=O) groups is 1. The second-order valence-electron chi connectivity index (χ2n) is 3.87. The zero-order valence-corrected chi connectivity index (χ0v) is 11.2. The van der Waals surface area contributed by atoms with Gasteiger partial charge in [-0.25, -0.2) is 0 Å². The summed E-state index contributed by atoms with van der Waals surface area (Å²) in [5.41, 5.74) is 0.481. The lowest BCUT2D eigenvalue weighted by Gasteiger charge is -2.09. The van der Waals surface area contributed by atoms with Crippen LogP contribution in [0.1, 0.15) is 0 Å². The van der Waals surface area contributed by atoms with E-state index in [0.717, 1.165) is 0 Å². The molecule has 8 heteroatoms. The van der Waals surface area contributed by atoms with Gasteiger partial charge in [0.25, 0.3) is 0 Å². The Balaban J connectivity index is 2.14. The van der Waals surface area contributed by atoms with Gasteiger partial charge in [0.05, 0.1) is 23.9 Å². The van der Waals surface area contributed by atoms with Gasteiger partial charge in [-0.2, -0.15) is 13.2 Å². The lowest BCUT2D eigenvalue weighted by molar-refractivity contribution is -0.173. The number of amides is 1. The molecule has 1 amide bonds. The molecule has 20 heavy (non-hydrogen) atoms. The van der Waals surface area contributed by atoms with E-state index in [2.05, 4.69) is 15.4 Å². The van der Waals surface area contributed by atoms with Crippen molar-refractivity contribution in [2.45, 2.75) is 6.18 Å². The Morgan fingerprint density at radius 3 is 2.65 bits per heavy atom. The first-order valence-electron chi connectivity index (χ1n) is 5.78. The van der Waals surface area contributed by atoms with Crippen molar-refractivity contribution in [3.63, 3.8) is 0 Å². The monoisotopic (exact) mass is 310 g/mol. The Morgan fingerprint density at radius 2 is 2.00 bits per heavy atom. The number of halogens is 4. The largest absolute Gasteiger partial charge is 0.411 e. The summed E-state index contributed by atoms with van der Waals surface area (Å²) in [5.74, 6) is -0.339. The average Bonchev–Trinajstić information content (AvgIpc) is 2.35. The van der Waals surface area contributed by atoms with Crippen molar-refractivity contribution in [2.24, 2.45) is 0 Å². The summed E-state index contributed by atoms with van der Waals surface area (Å²) in [6, 6.07) is 6.73. The molecule has 0 atom stereocenters. The van der Waals surface area contributed by atoms with E-state index in [1.807, 2.05) is 0 Å². The molecule has 0 bridgehead atoms. The summed E-state index contributed by atoms with van der Waals surface area (Å²) in [6.07, 6.45) is -4.33. The van der Waals surface area contributed by atoms with Crippen molar-refractivity contribution in [3.05, 3.63) is 29.3 Å². The van der Waals surface area contributed by atoms with Crippen LogP contribution in [0.15, 0.2) is 24.3 Å². The maximum Gasteiger partial charge on any atom is 0.411 e. The minimum Gasteiger partial charge on any atom is -0.371 e. The number of benzene rings is 1. The molecule has 0 radical (unpaired) electrons. The predicted octanol–water partition coefficient (Wildman–Crippen LogP) is 2.45. The van der Waals surface area contributed by atoms with E-state index in [1.54, 1.807) is 24.3 Å². The minimum absolute atomic E-state index is 0.0411. The highest BCUT2D eigenvalue weighted by molar-refractivity contribution is 6.33. The Kier molecular flexibility index (Phi) is 6.77. The van der Waals surface area contributed by atoms with Crippen LogP contribution in [0.5, 0.6) is 0 Å². The summed E-state index contributed by atoms with van der Waals surface area (Å²) in [4.78, 5) is 11.5. The summed E-state index contributed by atoms with van der Waals surface area (Å²) >= 11 is 5.85. The van der Waals surface area contributed by atoms with Crippen molar-refractivity contribution in [1.29, 1.82) is 0 Å². The molecule has 0 spiro atoms. The molecule has 2 N–H and O–H groups in total. The Labute approximate surface area is 119 Å². The van der Waals surface area contributed by atoms with Gasteiger partial charge in [0, 0.05) is 6.54 Å². The van der Waals surface area contributed by atoms with Crippen molar-refractivity contribution >= 4 is 23.2 Å². The summed E-state index contributed by atoms with van der Waals surface area (Å²) < 4.78 is 39.6. The molecule has 0 fully saturated rings. The van der Waals surface area contributed by atoms with Gasteiger partial charge < -0.3 is 15.4 Å². The fourth-order valence-electron chi connectivity index (χ4n) is 1.29. The third kappa shape index (κ3) is 7.32. The van der Waals surface area contributed by atoms with Crippen molar-refractivity contribution in [1.82, 2.24) is 5.32 Å². The van der Waals surface area contributed by atoms with E-state index < -0.39 is 12.8 Å². The quantitative estimate of drug-likeness (QED) is 0.761. The molecule has 0 aliphatic rings. The minimum atomic E-state index is -4.33. The Morgan fingerprint density at radius 1 is 1.30 bits per heavy atom. The topological polar surface area (TPSA) is 50.4 Å². The van der Waals surface area contributed by atoms with Crippen LogP contribution in [0.3, 0.4) is 0 Å². The molecule has 0 aliphatic carbocycles. The molecular formula is C12H14ClF3N2O2. The van der Waals surface area contributed by atoms with Crippen LogP contribution in [0.2, 0.25) is 5.02 Å². The van der Waals surface area contributed by atoms with Crippen molar-refractivity contribution in [3.8, 4) is 0 Å². The number of carbonyl (C=O) groups excluding carboxylic acids is 1. The molecule has 112 valence electrons. The smallest absolute Gasteiger partial charge is 0.371 e. The lowest BCUT2D eigenvalue weighted by atomic mass is 10.3. The van der Waals surface area contributed by atoms with E-state index in [0.29, 0.717) is 10.7 Å². The summed E-state index contributed by atoms with van der Waals surface area (Å²) in [6.45, 7) is -1.31. The fourth-order valence-corrected chi connectivity index (χ4v) is 1.47. The van der Waals surface area contributed by atoms with Gasteiger partial charge in [0.1, 0.15) is 6.61 Å². The number of hydrogen-bond acceptors (Lipinski definition) is 3. The maximum atomic E-state index is 11.8. The molecule has 0 saturated heterocycles. The van der Waals surface area contributed by atoms with E-state index in [1.165, 1.54) is 0 Å². The molecule has 4 nitrogen and oxygen atoms in total. The molecule has 1 aromatic carbocycles. The van der Waals surface area contributed by atoms with Crippen LogP contribution in [-0.4, -0.2) is 38.4 Å². The van der Waals surface area contributed by atoms with Gasteiger partial charge in [0.15, 0.2) is 0 Å². The predicted molar refractivity (Wildman–Crippen MR) is 69.8 cm³/mol. The maximum absolute atomic E-state index is 11.8. The first-order chi connectivity index (χ1) is 9.38. The molecule has 1 aromatic rings. The van der Waals surface area contributed by atoms with Gasteiger partial charge in [-0.3, -0.25) is 4.79 Å². The second-order valence-corrected chi connectivity index (χ2v) is 4.28. The number of rotatable bonds is 7. The standard InChI is InChI=1S/C12H14ClF3N2O2/c13-9-3-1-2-4-10(9)18-11(19)7-17-5-6-20-8-12(14,15)16/h1-4,17H,5-8H2,(H,18,19). The SMILES string of the molecule is O=C(CNCCOCC(F)(F)F)Nc1ccccc1Cl. The Bertz CT molecular complexity index is 441. The molecule has 1 rings (SSSR count). The molecule has 0 aliphatic heterocycles. The van der Waals surface area contributed by atoms with E-state index >= 15 is 0 Å². The highest BCUT2D eigenvalue weighted by Crippen LogP contribution is 2.19. The summed E-state index contributed by atoms with van der Waals surface area (Å²) in [7, 11) is 0. The number of nitrogens with one attached hydrogen (secondary N) is 2. The number of anilines is 1. The molecule has 0 aromatic heterocycles. The zero-order valence-electron chi connectivity index (χ0n) is 10.5. The van der Waals surface area contributed by atoms with Gasteiger partial charge in [0.2, 0.25) is 5.91 Å². The van der Waals surface area contributed by atoms with Gasteiger partial charge >= 0.3 is 6.18 Å². The Hall–Kier alpha value is -1.31. The van der Waals surface area contributed by atoms with Gasteiger partial charge in [-0.05, 0) is 12.1 Å². The number of para-hydroxylation sites is 1. The highest BCUT2D eigenvalue weighted by atomic mass is 35.5. The first-order valence-corrected chi connectivity index (χ1v) is 6.16. The average molecular weight is 311 g/mol. The van der Waals surface area contributed by atoms with Gasteiger partial charge in [-0.1, -0.05) is 23.7 Å². The molecule has 0 heterocycles. The number of alkyl halides is 3. The fraction of sp³-hybridized carbons (Fsp3) is 0.417. The first kappa shape index (κ1) is 16.7. The zero-order chi connectivity index (χ0) is 15.0. The molecular weight excluding hydrogens is 297 g/mol.